The molecule has 4 aromatic rings. The van der Waals surface area contributed by atoms with Crippen LogP contribution in [0.1, 0.15) is 21.6 Å². The zero-order chi connectivity index (χ0) is 18.3. The molecule has 0 unspecified atom stereocenters. The number of thiazole rings is 1. The van der Waals surface area contributed by atoms with Gasteiger partial charge in [0.1, 0.15) is 0 Å². The van der Waals surface area contributed by atoms with E-state index in [1.165, 1.54) is 16.9 Å². The van der Waals surface area contributed by atoms with Gasteiger partial charge in [-0.15, -0.1) is 0 Å². The lowest BCUT2D eigenvalue weighted by molar-refractivity contribution is 0.101. The third-order valence-corrected chi connectivity index (χ3v) is 5.09. The molecule has 0 saturated heterocycles. The lowest BCUT2D eigenvalue weighted by Crippen LogP contribution is -2.11. The molecule has 1 N–H and O–H groups in total. The van der Waals surface area contributed by atoms with E-state index in [0.29, 0.717) is 15.9 Å². The van der Waals surface area contributed by atoms with Crippen LogP contribution >= 0.6 is 22.9 Å². The number of aryl methyl sites for hydroxylation is 2. The first kappa shape index (κ1) is 16.8. The summed E-state index contributed by atoms with van der Waals surface area (Å²) in [4.78, 5) is 17.0. The summed E-state index contributed by atoms with van der Waals surface area (Å²) in [5, 5.41) is 7.82. The fraction of sp³-hybridized carbons (Fsp3) is 0.105. The van der Waals surface area contributed by atoms with Gasteiger partial charge in [-0.2, -0.15) is 0 Å². The van der Waals surface area contributed by atoms with E-state index in [1.807, 2.05) is 26.0 Å². The lowest BCUT2D eigenvalue weighted by atomic mass is 10.1. The second-order valence-corrected chi connectivity index (χ2v) is 7.45. The van der Waals surface area contributed by atoms with Crippen LogP contribution in [-0.4, -0.2) is 16.0 Å². The van der Waals surface area contributed by atoms with Crippen LogP contribution in [0.5, 0.6) is 0 Å². The minimum absolute atomic E-state index is 0.196. The highest BCUT2D eigenvalue weighted by Crippen LogP contribution is 2.30. The van der Waals surface area contributed by atoms with Crippen molar-refractivity contribution in [3.8, 4) is 11.3 Å². The molecule has 0 saturated carbocycles. The fourth-order valence-corrected chi connectivity index (χ4v) is 3.88. The number of aromatic nitrogens is 2. The predicted octanol–water partition coefficient (Wildman–Crippen LogP) is 5.47. The van der Waals surface area contributed by atoms with Crippen molar-refractivity contribution in [3.05, 3.63) is 64.3 Å². The molecule has 0 atom stereocenters. The van der Waals surface area contributed by atoms with E-state index in [-0.39, 0.29) is 11.6 Å². The van der Waals surface area contributed by atoms with Crippen molar-refractivity contribution < 1.29 is 9.32 Å². The molecule has 0 radical (unpaired) electrons. The second kappa shape index (κ2) is 6.55. The molecule has 130 valence electrons. The van der Waals surface area contributed by atoms with E-state index in [9.17, 15) is 4.79 Å². The summed E-state index contributed by atoms with van der Waals surface area (Å²) in [5.74, 6) is 0.144. The first-order chi connectivity index (χ1) is 12.5. The standard InChI is InChI=1S/C19H14ClN3O2S/c1-10-7-11(2)17-16(8-10)26-19(21-17)22-18(24)14-9-15(25-23-14)12-3-5-13(20)6-4-12/h3-9H,1-2H3,(H,21,22,24). The molecular weight excluding hydrogens is 370 g/mol. The van der Waals surface area contributed by atoms with Crippen LogP contribution in [0.3, 0.4) is 0 Å². The minimum atomic E-state index is -0.359. The van der Waals surface area contributed by atoms with Crippen molar-refractivity contribution in [3.63, 3.8) is 0 Å². The van der Waals surface area contributed by atoms with E-state index in [2.05, 4.69) is 27.6 Å². The summed E-state index contributed by atoms with van der Waals surface area (Å²) in [6.45, 7) is 4.05. The Balaban J connectivity index is 1.57. The van der Waals surface area contributed by atoms with Crippen molar-refractivity contribution in [2.75, 3.05) is 5.32 Å². The molecule has 0 fully saturated rings. The SMILES string of the molecule is Cc1cc(C)c2nc(NC(=O)c3cc(-c4ccc(Cl)cc4)on3)sc2c1. The number of amides is 1. The number of benzene rings is 2. The molecule has 0 bridgehead atoms. The van der Waals surface area contributed by atoms with E-state index in [4.69, 9.17) is 16.1 Å². The molecule has 0 spiro atoms. The van der Waals surface area contributed by atoms with Gasteiger partial charge in [0.05, 0.1) is 10.2 Å². The van der Waals surface area contributed by atoms with Crippen molar-refractivity contribution in [1.29, 1.82) is 0 Å². The van der Waals surface area contributed by atoms with Gasteiger partial charge in [0.25, 0.3) is 5.91 Å². The highest BCUT2D eigenvalue weighted by molar-refractivity contribution is 7.22. The Kier molecular flexibility index (Phi) is 4.22. The summed E-state index contributed by atoms with van der Waals surface area (Å²) in [6.07, 6.45) is 0. The third-order valence-electron chi connectivity index (χ3n) is 3.92. The van der Waals surface area contributed by atoms with E-state index in [1.54, 1.807) is 18.2 Å². The number of hydrogen-bond donors (Lipinski definition) is 1. The van der Waals surface area contributed by atoms with Gasteiger partial charge < -0.3 is 4.52 Å². The van der Waals surface area contributed by atoms with Crippen molar-refractivity contribution in [2.45, 2.75) is 13.8 Å². The Morgan fingerprint density at radius 2 is 1.92 bits per heavy atom. The first-order valence-corrected chi connectivity index (χ1v) is 9.11. The van der Waals surface area contributed by atoms with Gasteiger partial charge in [0.15, 0.2) is 16.6 Å². The molecule has 4 rings (SSSR count). The maximum Gasteiger partial charge on any atom is 0.279 e. The van der Waals surface area contributed by atoms with Crippen LogP contribution < -0.4 is 5.32 Å². The maximum absolute atomic E-state index is 12.5. The Morgan fingerprint density at radius 1 is 1.15 bits per heavy atom. The summed E-state index contributed by atoms with van der Waals surface area (Å²) >= 11 is 7.32. The van der Waals surface area contributed by atoms with Gasteiger partial charge in [0.2, 0.25) is 0 Å². The van der Waals surface area contributed by atoms with E-state index < -0.39 is 0 Å². The van der Waals surface area contributed by atoms with Crippen molar-refractivity contribution in [2.24, 2.45) is 0 Å². The van der Waals surface area contributed by atoms with Gasteiger partial charge in [0, 0.05) is 16.7 Å². The van der Waals surface area contributed by atoms with Gasteiger partial charge in [-0.05, 0) is 55.3 Å². The molecule has 0 aliphatic rings. The normalized spacial score (nSPS) is 11.0. The smallest absolute Gasteiger partial charge is 0.279 e. The number of nitrogens with zero attached hydrogens (tertiary/aromatic N) is 2. The average molecular weight is 384 g/mol. The Bertz CT molecular complexity index is 1120. The predicted molar refractivity (Wildman–Crippen MR) is 104 cm³/mol. The summed E-state index contributed by atoms with van der Waals surface area (Å²) in [5.41, 5.74) is 4.15. The molecule has 1 amide bonds. The zero-order valence-corrected chi connectivity index (χ0v) is 15.6. The molecule has 2 aromatic carbocycles. The van der Waals surface area contributed by atoms with Crippen LogP contribution in [0.2, 0.25) is 5.02 Å². The molecule has 5 nitrogen and oxygen atoms in total. The summed E-state index contributed by atoms with van der Waals surface area (Å²) < 4.78 is 6.31. The summed E-state index contributed by atoms with van der Waals surface area (Å²) in [7, 11) is 0. The van der Waals surface area contributed by atoms with Gasteiger partial charge in [-0.1, -0.05) is 34.2 Å². The fourth-order valence-electron chi connectivity index (χ4n) is 2.72. The quantitative estimate of drug-likeness (QED) is 0.509. The number of nitrogens with one attached hydrogen (secondary N) is 1. The number of hydrogen-bond acceptors (Lipinski definition) is 5. The molecule has 0 aliphatic carbocycles. The molecule has 26 heavy (non-hydrogen) atoms. The van der Waals surface area contributed by atoms with Crippen LogP contribution in [0.15, 0.2) is 47.0 Å². The number of anilines is 1. The first-order valence-electron chi connectivity index (χ1n) is 7.91. The molecule has 2 aromatic heterocycles. The molecule has 7 heteroatoms. The number of halogens is 1. The number of carbonyl (C=O) groups is 1. The van der Waals surface area contributed by atoms with Crippen LogP contribution in [0, 0.1) is 13.8 Å². The van der Waals surface area contributed by atoms with Gasteiger partial charge in [-0.25, -0.2) is 4.98 Å². The van der Waals surface area contributed by atoms with Gasteiger partial charge in [-0.3, -0.25) is 10.1 Å². The third kappa shape index (κ3) is 3.21. The molecule has 0 aliphatic heterocycles. The molecular formula is C19H14ClN3O2S. The number of fused-ring (bicyclic) bond motifs is 1. The van der Waals surface area contributed by atoms with Crippen LogP contribution in [-0.2, 0) is 0 Å². The summed E-state index contributed by atoms with van der Waals surface area (Å²) in [6, 6.07) is 12.9. The largest absolute Gasteiger partial charge is 0.355 e. The Morgan fingerprint density at radius 3 is 2.69 bits per heavy atom. The Hall–Kier alpha value is -2.70. The van der Waals surface area contributed by atoms with E-state index in [0.717, 1.165) is 21.3 Å². The highest BCUT2D eigenvalue weighted by Gasteiger charge is 2.16. The second-order valence-electron chi connectivity index (χ2n) is 5.99. The van der Waals surface area contributed by atoms with Crippen molar-refractivity contribution >= 4 is 44.2 Å². The maximum atomic E-state index is 12.5. The zero-order valence-electron chi connectivity index (χ0n) is 14.0. The monoisotopic (exact) mass is 383 g/mol. The van der Waals surface area contributed by atoms with Gasteiger partial charge >= 0.3 is 0 Å². The van der Waals surface area contributed by atoms with Crippen LogP contribution in [0.4, 0.5) is 5.13 Å². The number of rotatable bonds is 3. The van der Waals surface area contributed by atoms with E-state index >= 15 is 0 Å². The van der Waals surface area contributed by atoms with Crippen LogP contribution in [0.25, 0.3) is 21.5 Å². The Labute approximate surface area is 158 Å². The topological polar surface area (TPSA) is 68.0 Å². The minimum Gasteiger partial charge on any atom is -0.355 e. The average Bonchev–Trinajstić information content (AvgIpc) is 3.22. The van der Waals surface area contributed by atoms with Crippen molar-refractivity contribution in [1.82, 2.24) is 10.1 Å². The lowest BCUT2D eigenvalue weighted by Gasteiger charge is -1.96. The highest BCUT2D eigenvalue weighted by atomic mass is 35.5. The number of carbonyl (C=O) groups excluding carboxylic acids is 1. The molecule has 2 heterocycles.